The van der Waals surface area contributed by atoms with Crippen LogP contribution in [0.5, 0.6) is 5.75 Å². The Labute approximate surface area is 116 Å². The van der Waals surface area contributed by atoms with Crippen molar-refractivity contribution < 1.29 is 15.0 Å². The molecule has 1 aromatic carbocycles. The molecule has 5 nitrogen and oxygen atoms in total. The Bertz CT molecular complexity index is 616. The van der Waals surface area contributed by atoms with E-state index in [0.29, 0.717) is 5.02 Å². The fourth-order valence-electron chi connectivity index (χ4n) is 1.39. The summed E-state index contributed by atoms with van der Waals surface area (Å²) in [4.78, 5) is 10.8. The third kappa shape index (κ3) is 2.25. The molecule has 0 bridgehead atoms. The molecule has 8 heteroatoms. The number of rotatable bonds is 2. The monoisotopic (exact) mass is 306 g/mol. The Balaban J connectivity index is 2.63. The predicted molar refractivity (Wildman–Crippen MR) is 67.2 cm³/mol. The van der Waals surface area contributed by atoms with Gasteiger partial charge in [0.15, 0.2) is 5.75 Å². The van der Waals surface area contributed by atoms with Gasteiger partial charge in [-0.05, 0) is 12.1 Å². The van der Waals surface area contributed by atoms with Crippen molar-refractivity contribution in [1.82, 2.24) is 9.78 Å². The molecule has 0 spiro atoms. The van der Waals surface area contributed by atoms with E-state index >= 15 is 0 Å². The maximum absolute atomic E-state index is 10.8. The molecule has 0 amide bonds. The summed E-state index contributed by atoms with van der Waals surface area (Å²) in [6.45, 7) is 0. The largest absolute Gasteiger partial charge is 0.504 e. The second-order valence-electron chi connectivity index (χ2n) is 3.33. The van der Waals surface area contributed by atoms with E-state index in [2.05, 4.69) is 5.10 Å². The summed E-state index contributed by atoms with van der Waals surface area (Å²) in [6.07, 6.45) is 1.10. The molecule has 0 aliphatic carbocycles. The van der Waals surface area contributed by atoms with Gasteiger partial charge in [0, 0.05) is 5.02 Å². The first-order valence-corrected chi connectivity index (χ1v) is 5.70. The number of nitrogens with zero attached hydrogens (tertiary/aromatic N) is 2. The highest BCUT2D eigenvalue weighted by Crippen LogP contribution is 2.33. The first kappa shape index (κ1) is 13.0. The summed E-state index contributed by atoms with van der Waals surface area (Å²) in [7, 11) is 0. The molecule has 18 heavy (non-hydrogen) atoms. The minimum atomic E-state index is -1.35. The van der Waals surface area contributed by atoms with Crippen LogP contribution >= 0.6 is 34.8 Å². The average molecular weight is 308 g/mol. The Morgan fingerprint density at radius 3 is 2.22 bits per heavy atom. The summed E-state index contributed by atoms with van der Waals surface area (Å²) in [6, 6.07) is 2.87. The molecule has 94 valence electrons. The van der Waals surface area contributed by atoms with Gasteiger partial charge in [-0.1, -0.05) is 34.8 Å². The lowest BCUT2D eigenvalue weighted by atomic mass is 10.3. The Morgan fingerprint density at radius 2 is 1.78 bits per heavy atom. The highest BCUT2D eigenvalue weighted by molar-refractivity contribution is 6.40. The number of carboxylic acids is 1. The highest BCUT2D eigenvalue weighted by atomic mass is 35.5. The van der Waals surface area contributed by atoms with Crippen molar-refractivity contribution in [2.45, 2.75) is 0 Å². The van der Waals surface area contributed by atoms with Crippen LogP contribution in [0, 0.1) is 0 Å². The van der Waals surface area contributed by atoms with Crippen LogP contribution in [0.2, 0.25) is 15.1 Å². The topological polar surface area (TPSA) is 75.3 Å². The Hall–Kier alpha value is -1.43. The molecule has 0 unspecified atom stereocenters. The number of halogens is 3. The minimum absolute atomic E-state index is 0.187. The fourth-order valence-corrected chi connectivity index (χ4v) is 2.38. The predicted octanol–water partition coefficient (Wildman–Crippen LogP) is 3.24. The molecule has 1 aromatic heterocycles. The van der Waals surface area contributed by atoms with Crippen molar-refractivity contribution >= 4 is 40.8 Å². The maximum atomic E-state index is 10.8. The van der Waals surface area contributed by atoms with Gasteiger partial charge in [-0.2, -0.15) is 5.10 Å². The summed E-state index contributed by atoms with van der Waals surface area (Å²) < 4.78 is 1.08. The molecule has 2 N–H and O–H groups in total. The quantitative estimate of drug-likeness (QED) is 0.893. The smallest absolute Gasteiger partial charge is 0.360 e. The molecular weight excluding hydrogens is 302 g/mol. The maximum Gasteiger partial charge on any atom is 0.360 e. The van der Waals surface area contributed by atoms with E-state index in [9.17, 15) is 9.90 Å². The number of aromatic carboxylic acids is 1. The number of benzene rings is 1. The summed E-state index contributed by atoms with van der Waals surface area (Å²) in [5.74, 6) is -1.84. The van der Waals surface area contributed by atoms with Crippen molar-refractivity contribution in [1.29, 1.82) is 0 Å². The molecule has 0 saturated heterocycles. The molecule has 0 radical (unpaired) electrons. The molecule has 0 aliphatic heterocycles. The minimum Gasteiger partial charge on any atom is -0.504 e. The Morgan fingerprint density at radius 1 is 1.22 bits per heavy atom. The normalized spacial score (nSPS) is 10.6. The lowest BCUT2D eigenvalue weighted by Crippen LogP contribution is -2.02. The second-order valence-corrected chi connectivity index (χ2v) is 4.58. The van der Waals surface area contributed by atoms with Gasteiger partial charge in [0.05, 0.1) is 16.2 Å². The lowest BCUT2D eigenvalue weighted by Gasteiger charge is -2.07. The zero-order valence-corrected chi connectivity index (χ0v) is 10.8. The van der Waals surface area contributed by atoms with Gasteiger partial charge in [0.2, 0.25) is 5.69 Å². The van der Waals surface area contributed by atoms with Gasteiger partial charge < -0.3 is 10.2 Å². The van der Waals surface area contributed by atoms with E-state index in [1.165, 1.54) is 12.1 Å². The molecule has 0 atom stereocenters. The van der Waals surface area contributed by atoms with Crippen molar-refractivity contribution in [3.05, 3.63) is 39.1 Å². The van der Waals surface area contributed by atoms with Gasteiger partial charge in [-0.15, -0.1) is 0 Å². The fraction of sp³-hybridized carbons (Fsp3) is 0. The van der Waals surface area contributed by atoms with Crippen LogP contribution in [0.1, 0.15) is 10.5 Å². The van der Waals surface area contributed by atoms with Crippen LogP contribution in [0.25, 0.3) is 5.69 Å². The van der Waals surface area contributed by atoms with Crippen molar-refractivity contribution in [3.63, 3.8) is 0 Å². The van der Waals surface area contributed by atoms with Crippen LogP contribution in [0.15, 0.2) is 18.3 Å². The van der Waals surface area contributed by atoms with Gasteiger partial charge in [0.1, 0.15) is 5.69 Å². The van der Waals surface area contributed by atoms with Crippen molar-refractivity contribution in [3.8, 4) is 11.4 Å². The molecule has 2 aromatic rings. The van der Waals surface area contributed by atoms with Crippen LogP contribution < -0.4 is 0 Å². The number of aromatic hydroxyl groups is 1. The Kier molecular flexibility index (Phi) is 3.38. The third-order valence-corrected chi connectivity index (χ3v) is 2.90. The van der Waals surface area contributed by atoms with E-state index in [1.807, 2.05) is 0 Å². The van der Waals surface area contributed by atoms with Crippen LogP contribution in [0.3, 0.4) is 0 Å². The average Bonchev–Trinajstić information content (AvgIpc) is 2.58. The first-order chi connectivity index (χ1) is 8.40. The van der Waals surface area contributed by atoms with E-state index < -0.39 is 17.4 Å². The van der Waals surface area contributed by atoms with Crippen molar-refractivity contribution in [2.75, 3.05) is 0 Å². The molecule has 1 heterocycles. The number of carbonyl (C=O) groups is 1. The first-order valence-electron chi connectivity index (χ1n) is 4.57. The number of hydrogen-bond donors (Lipinski definition) is 2. The molecular formula is C10H5Cl3N2O3. The molecule has 0 aliphatic rings. The van der Waals surface area contributed by atoms with E-state index in [-0.39, 0.29) is 15.7 Å². The lowest BCUT2D eigenvalue weighted by molar-refractivity contribution is 0.0687. The van der Waals surface area contributed by atoms with Gasteiger partial charge in [-0.3, -0.25) is 0 Å². The van der Waals surface area contributed by atoms with Gasteiger partial charge in [0.25, 0.3) is 0 Å². The van der Waals surface area contributed by atoms with Crippen LogP contribution in [-0.4, -0.2) is 26.0 Å². The number of carboxylic acid groups (broad SMARTS) is 1. The molecule has 0 fully saturated rings. The second kappa shape index (κ2) is 4.68. The summed E-state index contributed by atoms with van der Waals surface area (Å²) in [5, 5.41) is 22.6. The zero-order chi connectivity index (χ0) is 13.4. The van der Waals surface area contributed by atoms with E-state index in [1.54, 1.807) is 0 Å². The van der Waals surface area contributed by atoms with E-state index in [4.69, 9.17) is 39.9 Å². The van der Waals surface area contributed by atoms with Gasteiger partial charge >= 0.3 is 5.97 Å². The highest BCUT2D eigenvalue weighted by Gasteiger charge is 2.18. The zero-order valence-electron chi connectivity index (χ0n) is 8.56. The summed E-state index contributed by atoms with van der Waals surface area (Å²) >= 11 is 17.7. The molecule has 0 saturated carbocycles. The van der Waals surface area contributed by atoms with Crippen LogP contribution in [-0.2, 0) is 0 Å². The third-order valence-electron chi connectivity index (χ3n) is 2.11. The number of hydrogen-bond acceptors (Lipinski definition) is 3. The standard InChI is InChI=1S/C10H5Cl3N2O3/c11-4-1-5(12)9(6(13)2-4)15-3-7(16)8(14-15)10(17)18/h1-3,16H,(H,17,18). The SMILES string of the molecule is O=C(O)c1nn(-c2c(Cl)cc(Cl)cc2Cl)cc1O. The number of aromatic nitrogens is 2. The van der Waals surface area contributed by atoms with Crippen LogP contribution in [0.4, 0.5) is 0 Å². The van der Waals surface area contributed by atoms with Crippen molar-refractivity contribution in [2.24, 2.45) is 0 Å². The van der Waals surface area contributed by atoms with E-state index in [0.717, 1.165) is 10.9 Å². The molecule has 2 rings (SSSR count). The van der Waals surface area contributed by atoms with Gasteiger partial charge in [-0.25, -0.2) is 9.48 Å². The summed E-state index contributed by atoms with van der Waals surface area (Å²) in [5.41, 5.74) is -0.248.